The zero-order valence-electron chi connectivity index (χ0n) is 32.1. The Balaban J connectivity index is 1.14. The number of fused-ring (bicyclic) bond motifs is 1. The number of amides is 2. The van der Waals surface area contributed by atoms with E-state index >= 15 is 0 Å². The minimum absolute atomic E-state index is 0.242. The molecule has 4 aromatic rings. The summed E-state index contributed by atoms with van der Waals surface area (Å²) in [6, 6.07) is 14.4. The smallest absolute Gasteiger partial charge is 0.410 e. The summed E-state index contributed by atoms with van der Waals surface area (Å²) >= 11 is 0. The summed E-state index contributed by atoms with van der Waals surface area (Å²) < 4.78 is 25.9. The van der Waals surface area contributed by atoms with E-state index in [0.29, 0.717) is 63.9 Å². The zero-order valence-corrected chi connectivity index (χ0v) is 33.1. The molecular weight excluding hydrogens is 691 g/mol. The van der Waals surface area contributed by atoms with Crippen LogP contribution in [0.5, 0.6) is 5.75 Å². The lowest BCUT2D eigenvalue weighted by molar-refractivity contribution is -0.00989. The zero-order chi connectivity index (χ0) is 37.8. The Morgan fingerprint density at radius 2 is 1.68 bits per heavy atom. The Morgan fingerprint density at radius 1 is 0.962 bits per heavy atom. The van der Waals surface area contributed by atoms with Crippen LogP contribution >= 0.6 is 0 Å². The molecule has 0 atom stereocenters. The molecule has 0 spiro atoms. The summed E-state index contributed by atoms with van der Waals surface area (Å²) in [4.78, 5) is 43.6. The third kappa shape index (κ3) is 9.92. The van der Waals surface area contributed by atoms with Crippen LogP contribution in [-0.2, 0) is 20.9 Å². The lowest BCUT2D eigenvalue weighted by Gasteiger charge is -2.39. The fraction of sp³-hybridized carbons (Fsp3) is 0.513. The second-order valence-electron chi connectivity index (χ2n) is 16.3. The van der Waals surface area contributed by atoms with Crippen LogP contribution in [0.1, 0.15) is 51.0 Å². The first-order valence-corrected chi connectivity index (χ1v) is 22.2. The van der Waals surface area contributed by atoms with Crippen molar-refractivity contribution in [3.8, 4) is 17.0 Å². The number of ether oxygens (including phenoxy) is 4. The highest BCUT2D eigenvalue weighted by molar-refractivity contribution is 6.76. The predicted octanol–water partition coefficient (Wildman–Crippen LogP) is 7.06. The molecule has 6 rings (SSSR count). The summed E-state index contributed by atoms with van der Waals surface area (Å²) in [5.74, 6) is 1.10. The number of likely N-dealkylation sites (tertiary alicyclic amines) is 1. The molecule has 1 aromatic carbocycles. The molecule has 2 saturated heterocycles. The monoisotopic (exact) mass is 743 g/mol. The van der Waals surface area contributed by atoms with Crippen LogP contribution in [0.15, 0.2) is 55.0 Å². The number of hydrogen-bond acceptors (Lipinski definition) is 10. The number of benzene rings is 1. The first kappa shape index (κ1) is 38.2. The van der Waals surface area contributed by atoms with Gasteiger partial charge in [0.2, 0.25) is 0 Å². The molecule has 2 fully saturated rings. The molecule has 0 saturated carbocycles. The van der Waals surface area contributed by atoms with Crippen molar-refractivity contribution in [3.63, 3.8) is 0 Å². The Bertz CT molecular complexity index is 1890. The van der Waals surface area contributed by atoms with Crippen LogP contribution < -0.4 is 15.0 Å². The lowest BCUT2D eigenvalue weighted by atomic mass is 9.93. The van der Waals surface area contributed by atoms with Gasteiger partial charge in [-0.15, -0.1) is 0 Å². The van der Waals surface area contributed by atoms with Gasteiger partial charge >= 0.3 is 6.09 Å². The number of morpholine rings is 1. The minimum atomic E-state index is -1.26. The van der Waals surface area contributed by atoms with Gasteiger partial charge in [0.1, 0.15) is 47.2 Å². The molecule has 2 aliphatic heterocycles. The van der Waals surface area contributed by atoms with Gasteiger partial charge in [0.15, 0.2) is 0 Å². The lowest BCUT2D eigenvalue weighted by Crippen LogP contribution is -2.49. The van der Waals surface area contributed by atoms with Gasteiger partial charge < -0.3 is 38.6 Å². The Morgan fingerprint density at radius 3 is 2.36 bits per heavy atom. The van der Waals surface area contributed by atoms with Crippen LogP contribution in [-0.4, -0.2) is 102 Å². The van der Waals surface area contributed by atoms with Gasteiger partial charge in [-0.1, -0.05) is 31.8 Å². The van der Waals surface area contributed by atoms with Crippen LogP contribution in [0, 0.1) is 0 Å². The maximum Gasteiger partial charge on any atom is 0.410 e. The minimum Gasteiger partial charge on any atom is -0.487 e. The van der Waals surface area contributed by atoms with Gasteiger partial charge in [-0.25, -0.2) is 14.8 Å². The van der Waals surface area contributed by atoms with Gasteiger partial charge in [0.05, 0.1) is 24.3 Å². The highest BCUT2D eigenvalue weighted by Crippen LogP contribution is 2.34. The first-order valence-electron chi connectivity index (χ1n) is 18.5. The Labute approximate surface area is 313 Å². The van der Waals surface area contributed by atoms with E-state index in [1.54, 1.807) is 29.6 Å². The molecule has 3 aromatic heterocycles. The fourth-order valence-electron chi connectivity index (χ4n) is 6.38. The number of nitrogens with one attached hydrogen (secondary N) is 1. The van der Waals surface area contributed by atoms with Crippen molar-refractivity contribution in [1.29, 1.82) is 0 Å². The molecule has 284 valence electrons. The number of rotatable bonds is 11. The van der Waals surface area contributed by atoms with E-state index in [4.69, 9.17) is 23.9 Å². The van der Waals surface area contributed by atoms with Crippen molar-refractivity contribution in [2.45, 2.75) is 84.2 Å². The molecule has 0 radical (unpaired) electrons. The van der Waals surface area contributed by atoms with E-state index in [1.807, 2.05) is 52.0 Å². The largest absolute Gasteiger partial charge is 0.487 e. The van der Waals surface area contributed by atoms with Gasteiger partial charge in [0.25, 0.3) is 5.91 Å². The van der Waals surface area contributed by atoms with Gasteiger partial charge in [-0.2, -0.15) is 0 Å². The molecular formula is C39H53N7O6Si. The van der Waals surface area contributed by atoms with E-state index in [9.17, 15) is 9.59 Å². The molecule has 0 aliphatic carbocycles. The second-order valence-corrected chi connectivity index (χ2v) is 21.9. The second kappa shape index (κ2) is 15.8. The average Bonchev–Trinajstić information content (AvgIpc) is 3.48. The molecule has 53 heavy (non-hydrogen) atoms. The Hall–Kier alpha value is -4.53. The van der Waals surface area contributed by atoms with Crippen molar-refractivity contribution in [1.82, 2.24) is 24.4 Å². The summed E-state index contributed by atoms with van der Waals surface area (Å²) in [7, 11) is -1.26. The normalized spacial score (nSPS) is 16.4. The molecule has 1 N–H and O–H groups in total. The van der Waals surface area contributed by atoms with E-state index in [0.717, 1.165) is 47.2 Å². The summed E-state index contributed by atoms with van der Waals surface area (Å²) in [5.41, 5.74) is 2.57. The molecule has 2 aliphatic rings. The standard InChI is InChI=1S/C39H53N7O6Si/c1-38(2,3)52-37(48)45-16-13-39(4,14-17-45)51-30-12-15-40-32(24-30)36(47)43-29-10-8-28(9-11-29)33-25-31-34(44-18-20-49-21-19-44)41-26-42-35(31)46(33)27-50-22-23-53(5,6)7/h8-12,15,24-26H,13-14,16-23,27H2,1-7H3,(H,43,47). The SMILES string of the molecule is CC(C)(C)OC(=O)N1CCC(C)(Oc2ccnc(C(=O)Nc3ccc(-c4cc5c(N6CCOCC6)ncnc5n4COCC[Si](C)(C)C)cc3)c2)CC1. The van der Waals surface area contributed by atoms with Crippen molar-refractivity contribution in [3.05, 3.63) is 60.7 Å². The fourth-order valence-corrected chi connectivity index (χ4v) is 7.13. The molecule has 0 bridgehead atoms. The quantitative estimate of drug-likeness (QED) is 0.126. The van der Waals surface area contributed by atoms with E-state index < -0.39 is 19.3 Å². The maximum absolute atomic E-state index is 13.4. The Kier molecular flexibility index (Phi) is 11.4. The van der Waals surface area contributed by atoms with E-state index in [2.05, 4.69) is 50.5 Å². The van der Waals surface area contributed by atoms with Crippen molar-refractivity contribution in [2.24, 2.45) is 0 Å². The summed E-state index contributed by atoms with van der Waals surface area (Å²) in [5, 5.41) is 3.94. The molecule has 14 heteroatoms. The number of anilines is 2. The molecule has 0 unspecified atom stereocenters. The summed E-state index contributed by atoms with van der Waals surface area (Å²) in [6.07, 6.45) is 4.15. The highest BCUT2D eigenvalue weighted by atomic mass is 28.3. The number of carbonyl (C=O) groups is 2. The number of pyridine rings is 1. The average molecular weight is 744 g/mol. The maximum atomic E-state index is 13.4. The van der Waals surface area contributed by atoms with Crippen LogP contribution in [0.25, 0.3) is 22.3 Å². The molecule has 2 amide bonds. The van der Waals surface area contributed by atoms with Crippen LogP contribution in [0.3, 0.4) is 0 Å². The first-order chi connectivity index (χ1) is 25.2. The third-order valence-electron chi connectivity index (χ3n) is 9.44. The molecule has 13 nitrogen and oxygen atoms in total. The number of hydrogen-bond donors (Lipinski definition) is 1. The number of piperidine rings is 1. The van der Waals surface area contributed by atoms with Gasteiger partial charge in [-0.05, 0) is 63.6 Å². The van der Waals surface area contributed by atoms with Crippen molar-refractivity contribution in [2.75, 3.05) is 56.2 Å². The topological polar surface area (TPSA) is 133 Å². The van der Waals surface area contributed by atoms with E-state index in [1.165, 1.54) is 0 Å². The van der Waals surface area contributed by atoms with E-state index in [-0.39, 0.29) is 17.7 Å². The predicted molar refractivity (Wildman–Crippen MR) is 208 cm³/mol. The highest BCUT2D eigenvalue weighted by Gasteiger charge is 2.35. The van der Waals surface area contributed by atoms with Crippen LogP contribution in [0.4, 0.5) is 16.3 Å². The number of aromatic nitrogens is 4. The van der Waals surface area contributed by atoms with Crippen LogP contribution in [0.2, 0.25) is 25.7 Å². The number of carbonyl (C=O) groups excluding carboxylic acids is 2. The van der Waals surface area contributed by atoms with Crippen molar-refractivity contribution < 1.29 is 28.5 Å². The third-order valence-corrected chi connectivity index (χ3v) is 11.1. The van der Waals surface area contributed by atoms with Gasteiger partial charge in [-0.3, -0.25) is 9.78 Å². The van der Waals surface area contributed by atoms with Gasteiger partial charge in [0, 0.05) is 71.7 Å². The molecule has 5 heterocycles. The number of nitrogens with zero attached hydrogens (tertiary/aromatic N) is 6. The summed E-state index contributed by atoms with van der Waals surface area (Å²) in [6.45, 7) is 19.6. The van der Waals surface area contributed by atoms with Crippen molar-refractivity contribution >= 4 is 42.6 Å².